The van der Waals surface area contributed by atoms with Crippen molar-refractivity contribution in [1.29, 1.82) is 0 Å². The van der Waals surface area contributed by atoms with Crippen LogP contribution in [0.4, 0.5) is 5.69 Å². The van der Waals surface area contributed by atoms with E-state index in [1.54, 1.807) is 24.3 Å². The van der Waals surface area contributed by atoms with E-state index in [9.17, 15) is 13.2 Å². The molecule has 2 rings (SSSR count). The van der Waals surface area contributed by atoms with E-state index < -0.39 is 16.0 Å². The molecule has 0 saturated carbocycles. The van der Waals surface area contributed by atoms with Gasteiger partial charge < -0.3 is 5.11 Å². The maximum atomic E-state index is 12.1. The summed E-state index contributed by atoms with van der Waals surface area (Å²) in [6.07, 6.45) is 0. The molecule has 0 saturated heterocycles. The Labute approximate surface area is 122 Å². The van der Waals surface area contributed by atoms with Crippen LogP contribution in [0.2, 0.25) is 0 Å². The van der Waals surface area contributed by atoms with Gasteiger partial charge in [0.2, 0.25) is 0 Å². The second-order valence-corrected chi connectivity index (χ2v) is 7.02. The molecule has 1 aromatic carbocycles. The molecule has 0 aliphatic carbocycles. The van der Waals surface area contributed by atoms with E-state index in [1.165, 1.54) is 11.4 Å². The fourth-order valence-corrected chi connectivity index (χ4v) is 4.14. The van der Waals surface area contributed by atoms with Gasteiger partial charge in [0.05, 0.1) is 0 Å². The Balaban J connectivity index is 2.38. The number of hydrogen-bond acceptors (Lipinski definition) is 4. The maximum Gasteiger partial charge on any atom is 0.347 e. The number of carbonyl (C=O) groups is 1. The molecule has 5 nitrogen and oxygen atoms in total. The number of halogens is 1. The minimum atomic E-state index is -3.90. The van der Waals surface area contributed by atoms with E-state index in [-0.39, 0.29) is 9.77 Å². The smallest absolute Gasteiger partial charge is 0.347 e. The second kappa shape index (κ2) is 5.32. The number of rotatable bonds is 4. The van der Waals surface area contributed by atoms with Crippen LogP contribution in [0, 0.1) is 0 Å². The molecule has 19 heavy (non-hydrogen) atoms. The van der Waals surface area contributed by atoms with Crippen molar-refractivity contribution in [2.45, 2.75) is 4.90 Å². The van der Waals surface area contributed by atoms with Crippen molar-refractivity contribution in [3.63, 3.8) is 0 Å². The zero-order valence-corrected chi connectivity index (χ0v) is 12.5. The summed E-state index contributed by atoms with van der Waals surface area (Å²) in [4.78, 5) is 10.5. The molecule has 8 heteroatoms. The Bertz CT molecular complexity index is 724. The van der Waals surface area contributed by atoms with Gasteiger partial charge in [-0.25, -0.2) is 13.2 Å². The number of anilines is 1. The van der Waals surface area contributed by atoms with Crippen molar-refractivity contribution in [3.05, 3.63) is 45.1 Å². The van der Waals surface area contributed by atoms with Gasteiger partial charge in [-0.05, 0) is 29.6 Å². The van der Waals surface area contributed by atoms with Gasteiger partial charge in [-0.2, -0.15) is 0 Å². The topological polar surface area (TPSA) is 83.5 Å². The standard InChI is InChI=1S/C11H8BrNO4S2/c12-7-2-1-3-8(6-7)13-19(16,17)9-4-5-18-10(9)11(14)15/h1-6,13H,(H,14,15). The molecule has 1 aromatic heterocycles. The second-order valence-electron chi connectivity index (χ2n) is 3.53. The van der Waals surface area contributed by atoms with Crippen LogP contribution >= 0.6 is 27.3 Å². The fourth-order valence-electron chi connectivity index (χ4n) is 1.43. The average Bonchev–Trinajstić information content (AvgIpc) is 2.77. The quantitative estimate of drug-likeness (QED) is 0.876. The van der Waals surface area contributed by atoms with Crippen molar-refractivity contribution < 1.29 is 18.3 Å². The summed E-state index contributed by atoms with van der Waals surface area (Å²) in [5.74, 6) is -1.26. The highest BCUT2D eigenvalue weighted by Crippen LogP contribution is 2.25. The van der Waals surface area contributed by atoms with Gasteiger partial charge in [0, 0.05) is 10.2 Å². The van der Waals surface area contributed by atoms with Crippen molar-refractivity contribution in [2.24, 2.45) is 0 Å². The predicted molar refractivity (Wildman–Crippen MR) is 76.2 cm³/mol. The predicted octanol–water partition coefficient (Wildman–Crippen LogP) is 3.01. The molecule has 0 fully saturated rings. The third-order valence-electron chi connectivity index (χ3n) is 2.19. The van der Waals surface area contributed by atoms with Crippen LogP contribution in [-0.4, -0.2) is 19.5 Å². The summed E-state index contributed by atoms with van der Waals surface area (Å²) in [7, 11) is -3.90. The Morgan fingerprint density at radius 2 is 2.05 bits per heavy atom. The Morgan fingerprint density at radius 1 is 1.32 bits per heavy atom. The summed E-state index contributed by atoms with van der Waals surface area (Å²) in [5, 5.41) is 10.4. The molecule has 0 unspecified atom stereocenters. The number of benzene rings is 1. The molecule has 100 valence electrons. The molecule has 2 aromatic rings. The summed E-state index contributed by atoms with van der Waals surface area (Å²) in [6, 6.07) is 7.87. The molecular weight excluding hydrogens is 354 g/mol. The first kappa shape index (κ1) is 14.0. The summed E-state index contributed by atoms with van der Waals surface area (Å²) in [5.41, 5.74) is 0.358. The first-order valence-electron chi connectivity index (χ1n) is 4.99. The van der Waals surface area contributed by atoms with Crippen LogP contribution in [0.15, 0.2) is 45.1 Å². The van der Waals surface area contributed by atoms with E-state index in [4.69, 9.17) is 5.11 Å². The van der Waals surface area contributed by atoms with Crippen LogP contribution in [0.5, 0.6) is 0 Å². The van der Waals surface area contributed by atoms with Crippen molar-refractivity contribution >= 4 is 48.9 Å². The van der Waals surface area contributed by atoms with E-state index in [2.05, 4.69) is 20.7 Å². The normalized spacial score (nSPS) is 11.2. The van der Waals surface area contributed by atoms with Gasteiger partial charge in [-0.3, -0.25) is 4.72 Å². The number of sulfonamides is 1. The number of thiophene rings is 1. The fraction of sp³-hybridized carbons (Fsp3) is 0. The highest BCUT2D eigenvalue weighted by molar-refractivity contribution is 9.10. The van der Waals surface area contributed by atoms with Gasteiger partial charge in [-0.15, -0.1) is 11.3 Å². The molecule has 2 N–H and O–H groups in total. The van der Waals surface area contributed by atoms with Crippen LogP contribution in [0.1, 0.15) is 9.67 Å². The van der Waals surface area contributed by atoms with Gasteiger partial charge >= 0.3 is 5.97 Å². The van der Waals surface area contributed by atoms with Crippen LogP contribution < -0.4 is 4.72 Å². The van der Waals surface area contributed by atoms with Crippen molar-refractivity contribution in [2.75, 3.05) is 4.72 Å². The molecule has 0 atom stereocenters. The maximum absolute atomic E-state index is 12.1. The molecule has 0 radical (unpaired) electrons. The van der Waals surface area contributed by atoms with E-state index in [0.29, 0.717) is 5.69 Å². The SMILES string of the molecule is O=C(O)c1sccc1S(=O)(=O)Nc1cccc(Br)c1. The minimum absolute atomic E-state index is 0.206. The molecule has 0 spiro atoms. The molecule has 0 bridgehead atoms. The monoisotopic (exact) mass is 361 g/mol. The molecule has 0 amide bonds. The Kier molecular flexibility index (Phi) is 3.93. The lowest BCUT2D eigenvalue weighted by Gasteiger charge is -2.07. The number of hydrogen-bond donors (Lipinski definition) is 2. The molecule has 0 aliphatic rings. The van der Waals surface area contributed by atoms with E-state index in [1.807, 2.05) is 0 Å². The van der Waals surface area contributed by atoms with Gasteiger partial charge in [0.15, 0.2) is 0 Å². The van der Waals surface area contributed by atoms with E-state index >= 15 is 0 Å². The van der Waals surface area contributed by atoms with Gasteiger partial charge in [0.25, 0.3) is 10.0 Å². The Morgan fingerprint density at radius 3 is 2.68 bits per heavy atom. The number of carboxylic acid groups (broad SMARTS) is 1. The highest BCUT2D eigenvalue weighted by atomic mass is 79.9. The van der Waals surface area contributed by atoms with Crippen LogP contribution in [-0.2, 0) is 10.0 Å². The van der Waals surface area contributed by atoms with Gasteiger partial charge in [-0.1, -0.05) is 22.0 Å². The lowest BCUT2D eigenvalue weighted by atomic mass is 10.3. The average molecular weight is 362 g/mol. The van der Waals surface area contributed by atoms with Crippen molar-refractivity contribution in [1.82, 2.24) is 0 Å². The third-order valence-corrected chi connectivity index (χ3v) is 5.14. The Hall–Kier alpha value is -1.38. The number of aromatic carboxylic acids is 1. The zero-order chi connectivity index (χ0) is 14.0. The summed E-state index contributed by atoms with van der Waals surface area (Å²) in [6.45, 7) is 0. The van der Waals surface area contributed by atoms with Gasteiger partial charge in [0.1, 0.15) is 9.77 Å². The van der Waals surface area contributed by atoms with Crippen LogP contribution in [0.25, 0.3) is 0 Å². The van der Waals surface area contributed by atoms with Crippen LogP contribution in [0.3, 0.4) is 0 Å². The summed E-state index contributed by atoms with van der Waals surface area (Å²) >= 11 is 4.10. The highest BCUT2D eigenvalue weighted by Gasteiger charge is 2.23. The summed E-state index contributed by atoms with van der Waals surface area (Å²) < 4.78 is 27.3. The largest absolute Gasteiger partial charge is 0.477 e. The molecule has 1 heterocycles. The molecular formula is C11H8BrNO4S2. The lowest BCUT2D eigenvalue weighted by Crippen LogP contribution is -2.15. The first-order chi connectivity index (χ1) is 8.90. The zero-order valence-electron chi connectivity index (χ0n) is 9.33. The van der Waals surface area contributed by atoms with Crippen molar-refractivity contribution in [3.8, 4) is 0 Å². The molecule has 0 aliphatic heterocycles. The lowest BCUT2D eigenvalue weighted by molar-refractivity contribution is 0.0698. The third kappa shape index (κ3) is 3.14. The number of carboxylic acids is 1. The minimum Gasteiger partial charge on any atom is -0.477 e. The first-order valence-corrected chi connectivity index (χ1v) is 8.15. The number of nitrogens with one attached hydrogen (secondary N) is 1. The van der Waals surface area contributed by atoms with E-state index in [0.717, 1.165) is 15.8 Å².